The largest absolute Gasteiger partial charge is 0.326 e. The predicted molar refractivity (Wildman–Crippen MR) is 125 cm³/mol. The number of anilines is 2. The van der Waals surface area contributed by atoms with Crippen molar-refractivity contribution in [3.8, 4) is 6.07 Å². The van der Waals surface area contributed by atoms with Crippen LogP contribution in [0.2, 0.25) is 0 Å². The minimum atomic E-state index is -3.68. The van der Waals surface area contributed by atoms with Crippen LogP contribution >= 0.6 is 0 Å². The van der Waals surface area contributed by atoms with Crippen LogP contribution < -0.4 is 10.0 Å². The van der Waals surface area contributed by atoms with Gasteiger partial charge < -0.3 is 5.32 Å². The van der Waals surface area contributed by atoms with E-state index in [1.165, 1.54) is 28.6 Å². The summed E-state index contributed by atoms with van der Waals surface area (Å²) in [5.41, 5.74) is 1.34. The standard InChI is InChI=1S/C22H26N4O5S2/c1-2-15-32(28,29)25-20-7-5-19(6-8-20)24-22(27)18-11-13-26(14-12-18)33(30,31)21-9-3-17(16-23)4-10-21/h3-10,18,25H,2,11-15H2,1H3,(H,24,27). The number of piperidine rings is 1. The van der Waals surface area contributed by atoms with Gasteiger partial charge in [-0.25, -0.2) is 16.8 Å². The quantitative estimate of drug-likeness (QED) is 0.584. The summed E-state index contributed by atoms with van der Waals surface area (Å²) in [4.78, 5) is 12.8. The summed E-state index contributed by atoms with van der Waals surface area (Å²) in [5, 5.41) is 11.7. The molecule has 11 heteroatoms. The van der Waals surface area contributed by atoms with Crippen LogP contribution in [0.5, 0.6) is 0 Å². The van der Waals surface area contributed by atoms with Crippen molar-refractivity contribution in [1.82, 2.24) is 4.31 Å². The molecule has 0 unspecified atom stereocenters. The molecule has 1 saturated heterocycles. The molecule has 0 aliphatic carbocycles. The summed E-state index contributed by atoms with van der Waals surface area (Å²) >= 11 is 0. The molecule has 2 N–H and O–H groups in total. The molecule has 0 saturated carbocycles. The van der Waals surface area contributed by atoms with Gasteiger partial charge in [0.25, 0.3) is 0 Å². The Kier molecular flexibility index (Phi) is 7.73. The highest BCUT2D eigenvalue weighted by Gasteiger charge is 2.32. The fourth-order valence-corrected chi connectivity index (χ4v) is 6.18. The molecule has 1 amide bonds. The van der Waals surface area contributed by atoms with Gasteiger partial charge in [-0.1, -0.05) is 6.92 Å². The first kappa shape index (κ1) is 24.7. The Morgan fingerprint density at radius 3 is 2.12 bits per heavy atom. The number of amides is 1. The number of rotatable bonds is 8. The van der Waals surface area contributed by atoms with Crippen molar-refractivity contribution >= 4 is 37.3 Å². The van der Waals surface area contributed by atoms with Gasteiger partial charge in [-0.05, 0) is 67.8 Å². The molecule has 3 rings (SSSR count). The number of nitriles is 1. The fraction of sp³-hybridized carbons (Fsp3) is 0.364. The van der Waals surface area contributed by atoms with Crippen molar-refractivity contribution in [3.63, 3.8) is 0 Å². The summed E-state index contributed by atoms with van der Waals surface area (Å²) in [6, 6.07) is 14.1. The lowest BCUT2D eigenvalue weighted by atomic mass is 9.97. The zero-order valence-electron chi connectivity index (χ0n) is 18.2. The lowest BCUT2D eigenvalue weighted by Gasteiger charge is -2.30. The minimum Gasteiger partial charge on any atom is -0.326 e. The topological polar surface area (TPSA) is 136 Å². The molecule has 0 bridgehead atoms. The molecule has 1 aliphatic rings. The molecule has 0 atom stereocenters. The minimum absolute atomic E-state index is 0.0328. The summed E-state index contributed by atoms with van der Waals surface area (Å²) in [6.45, 7) is 2.22. The zero-order chi connectivity index (χ0) is 24.1. The number of carbonyl (C=O) groups is 1. The Morgan fingerprint density at radius 1 is 1.00 bits per heavy atom. The van der Waals surface area contributed by atoms with Gasteiger partial charge in [0.15, 0.2) is 0 Å². The number of hydrogen-bond donors (Lipinski definition) is 2. The second-order valence-corrected chi connectivity index (χ2v) is 11.6. The van der Waals surface area contributed by atoms with E-state index in [-0.39, 0.29) is 35.6 Å². The first-order valence-electron chi connectivity index (χ1n) is 10.6. The Balaban J connectivity index is 1.55. The second-order valence-electron chi connectivity index (χ2n) is 7.80. The number of sulfonamides is 2. The molecule has 2 aromatic rings. The molecule has 2 aromatic carbocycles. The van der Waals surface area contributed by atoms with Crippen molar-refractivity contribution in [1.29, 1.82) is 5.26 Å². The monoisotopic (exact) mass is 490 g/mol. The van der Waals surface area contributed by atoms with Crippen LogP contribution in [0.3, 0.4) is 0 Å². The summed E-state index contributed by atoms with van der Waals surface area (Å²) < 4.78 is 53.2. The van der Waals surface area contributed by atoms with Crippen molar-refractivity contribution in [2.24, 2.45) is 5.92 Å². The van der Waals surface area contributed by atoms with Crippen LogP contribution in [-0.4, -0.2) is 45.9 Å². The summed E-state index contributed by atoms with van der Waals surface area (Å²) in [7, 11) is -7.07. The van der Waals surface area contributed by atoms with Crippen LogP contribution in [0.4, 0.5) is 11.4 Å². The Labute approximate surface area is 194 Å². The zero-order valence-corrected chi connectivity index (χ0v) is 19.8. The van der Waals surface area contributed by atoms with E-state index in [0.29, 0.717) is 36.2 Å². The summed E-state index contributed by atoms with van der Waals surface area (Å²) in [6.07, 6.45) is 1.28. The van der Waals surface area contributed by atoms with E-state index in [1.807, 2.05) is 6.07 Å². The maximum atomic E-state index is 12.8. The molecular weight excluding hydrogens is 464 g/mol. The molecule has 0 aromatic heterocycles. The molecule has 176 valence electrons. The lowest BCUT2D eigenvalue weighted by Crippen LogP contribution is -2.41. The number of nitrogens with one attached hydrogen (secondary N) is 2. The fourth-order valence-electron chi connectivity index (χ4n) is 3.57. The number of benzene rings is 2. The van der Waals surface area contributed by atoms with E-state index in [0.717, 1.165) is 0 Å². The van der Waals surface area contributed by atoms with E-state index in [2.05, 4.69) is 10.0 Å². The van der Waals surface area contributed by atoms with Gasteiger partial charge in [-0.15, -0.1) is 0 Å². The van der Waals surface area contributed by atoms with Crippen molar-refractivity contribution in [3.05, 3.63) is 54.1 Å². The van der Waals surface area contributed by atoms with E-state index in [1.54, 1.807) is 31.2 Å². The van der Waals surface area contributed by atoms with Gasteiger partial charge in [0.1, 0.15) is 0 Å². The van der Waals surface area contributed by atoms with Gasteiger partial charge in [0, 0.05) is 30.4 Å². The van der Waals surface area contributed by atoms with Crippen LogP contribution in [0.1, 0.15) is 31.7 Å². The lowest BCUT2D eigenvalue weighted by molar-refractivity contribution is -0.120. The molecule has 1 heterocycles. The molecule has 0 radical (unpaired) electrons. The van der Waals surface area contributed by atoms with E-state index in [4.69, 9.17) is 5.26 Å². The smallest absolute Gasteiger partial charge is 0.243 e. The number of carbonyl (C=O) groups excluding carboxylic acids is 1. The van der Waals surface area contributed by atoms with Gasteiger partial charge in [0.2, 0.25) is 26.0 Å². The molecule has 9 nitrogen and oxygen atoms in total. The highest BCUT2D eigenvalue weighted by atomic mass is 32.2. The predicted octanol–water partition coefficient (Wildman–Crippen LogP) is 2.75. The van der Waals surface area contributed by atoms with E-state index < -0.39 is 20.0 Å². The molecule has 1 fully saturated rings. The third-order valence-corrected chi connectivity index (χ3v) is 8.75. The average Bonchev–Trinajstić information content (AvgIpc) is 2.80. The van der Waals surface area contributed by atoms with Crippen LogP contribution in [-0.2, 0) is 24.8 Å². The average molecular weight is 491 g/mol. The van der Waals surface area contributed by atoms with E-state index in [9.17, 15) is 21.6 Å². The maximum Gasteiger partial charge on any atom is 0.243 e. The maximum absolute atomic E-state index is 12.8. The highest BCUT2D eigenvalue weighted by Crippen LogP contribution is 2.25. The van der Waals surface area contributed by atoms with Gasteiger partial charge >= 0.3 is 0 Å². The van der Waals surface area contributed by atoms with E-state index >= 15 is 0 Å². The Morgan fingerprint density at radius 2 is 1.58 bits per heavy atom. The van der Waals surface area contributed by atoms with Crippen molar-refractivity contribution < 1.29 is 21.6 Å². The normalized spacial score (nSPS) is 15.5. The van der Waals surface area contributed by atoms with Crippen LogP contribution in [0.15, 0.2) is 53.4 Å². The van der Waals surface area contributed by atoms with Crippen LogP contribution in [0, 0.1) is 17.2 Å². The second kappa shape index (κ2) is 10.3. The van der Waals surface area contributed by atoms with Gasteiger partial charge in [-0.2, -0.15) is 9.57 Å². The first-order chi connectivity index (χ1) is 15.6. The van der Waals surface area contributed by atoms with Crippen molar-refractivity contribution in [2.45, 2.75) is 31.1 Å². The Hall–Kier alpha value is -2.94. The van der Waals surface area contributed by atoms with Crippen LogP contribution in [0.25, 0.3) is 0 Å². The van der Waals surface area contributed by atoms with Crippen molar-refractivity contribution in [2.75, 3.05) is 28.9 Å². The SMILES string of the molecule is CCCS(=O)(=O)Nc1ccc(NC(=O)C2CCN(S(=O)(=O)c3ccc(C#N)cc3)CC2)cc1. The molecule has 0 spiro atoms. The molecule has 33 heavy (non-hydrogen) atoms. The van der Waals surface area contributed by atoms with Gasteiger partial charge in [0.05, 0.1) is 22.3 Å². The highest BCUT2D eigenvalue weighted by molar-refractivity contribution is 7.92. The molecule has 1 aliphatic heterocycles. The summed E-state index contributed by atoms with van der Waals surface area (Å²) in [5.74, 6) is -0.504. The number of hydrogen-bond acceptors (Lipinski definition) is 6. The first-order valence-corrected chi connectivity index (χ1v) is 13.7. The third kappa shape index (κ3) is 6.31. The van der Waals surface area contributed by atoms with Gasteiger partial charge in [-0.3, -0.25) is 9.52 Å². The Bertz CT molecular complexity index is 1230. The molecular formula is C22H26N4O5S2. The third-order valence-electron chi connectivity index (χ3n) is 5.34. The number of nitrogens with zero attached hydrogens (tertiary/aromatic N) is 2.